The van der Waals surface area contributed by atoms with Crippen molar-refractivity contribution in [2.24, 2.45) is 9.98 Å². The molecule has 8 bridgehead atoms. The predicted octanol–water partition coefficient (Wildman–Crippen LogP) is 3.13. The van der Waals surface area contributed by atoms with E-state index >= 15 is 0 Å². The second kappa shape index (κ2) is 7.27. The molecule has 1 aromatic heterocycles. The molecule has 5 rings (SSSR count). The number of aliphatic imine (C=N–C) groups is 2. The number of fused-ring (bicyclic) bond motifs is 10. The molecule has 0 saturated carbocycles. The average Bonchev–Trinajstić information content (AvgIpc) is 3.32. The molecule has 2 aliphatic rings. The molecule has 0 saturated heterocycles. The van der Waals surface area contributed by atoms with E-state index in [1.165, 1.54) is 0 Å². The topological polar surface area (TPSA) is 104 Å². The SMILES string of the molecule is [C-]#[N+]C1=Nc2nc1nc1[c-]c(ccc1)c1nc(nc3[c-]c2ccc3)C(C#N)=N1.[Pt+2]. The Morgan fingerprint density at radius 2 is 1.41 bits per heavy atom. The number of rotatable bonds is 0. The first-order chi connectivity index (χ1) is 13.7. The standard InChI is InChI=1S/C20H6N8.Pt/c1-22-19-20-24-14-7-2-4-11(8-14)16-25-15(10-21)18(26-16)23-13-6-3-5-12(9-13)17(27-19)28-20;/h2-7H;/q-2;+2. The maximum absolute atomic E-state index is 9.39. The number of nitriles is 1. The van der Waals surface area contributed by atoms with Crippen LogP contribution in [0.25, 0.3) is 26.7 Å². The van der Waals surface area contributed by atoms with E-state index < -0.39 is 0 Å². The number of benzene rings is 2. The van der Waals surface area contributed by atoms with Crippen LogP contribution in [0.1, 0.15) is 11.6 Å². The van der Waals surface area contributed by atoms with Crippen LogP contribution in [0.4, 0.5) is 11.6 Å². The van der Waals surface area contributed by atoms with Gasteiger partial charge in [0.15, 0.2) is 23.2 Å². The summed E-state index contributed by atoms with van der Waals surface area (Å²) in [6, 6.07) is 18.7. The summed E-state index contributed by atoms with van der Waals surface area (Å²) < 4.78 is 0. The van der Waals surface area contributed by atoms with Crippen LogP contribution >= 0.6 is 0 Å². The van der Waals surface area contributed by atoms with E-state index in [0.29, 0.717) is 33.4 Å². The van der Waals surface area contributed by atoms with E-state index in [-0.39, 0.29) is 44.3 Å². The molecule has 3 aromatic rings. The maximum atomic E-state index is 9.39. The molecule has 0 unspecified atom stereocenters. The second-order valence-corrected chi connectivity index (χ2v) is 5.76. The molecule has 3 heterocycles. The first-order valence-electron chi connectivity index (χ1n) is 8.09. The third kappa shape index (κ3) is 3.27. The molecule has 29 heavy (non-hydrogen) atoms. The quantitative estimate of drug-likeness (QED) is 0.398. The fourth-order valence-corrected chi connectivity index (χ4v) is 2.74. The molecule has 0 aliphatic carbocycles. The second-order valence-electron chi connectivity index (χ2n) is 5.76. The molecule has 0 amide bonds. The van der Waals surface area contributed by atoms with E-state index in [1.807, 2.05) is 6.07 Å². The van der Waals surface area contributed by atoms with Gasteiger partial charge in [0.05, 0.1) is 5.82 Å². The van der Waals surface area contributed by atoms with Crippen molar-refractivity contribution in [2.45, 2.75) is 0 Å². The molecule has 9 heteroatoms. The first kappa shape index (κ1) is 18.5. The zero-order valence-electron chi connectivity index (χ0n) is 14.4. The Balaban J connectivity index is 0.00000205. The molecular formula is C20H6N8Pt. The summed E-state index contributed by atoms with van der Waals surface area (Å²) in [5.41, 5.74) is 1.01. The third-order valence-electron chi connectivity index (χ3n) is 3.97. The third-order valence-corrected chi connectivity index (χ3v) is 3.97. The van der Waals surface area contributed by atoms with Gasteiger partial charge in [-0.05, 0) is 11.0 Å². The number of amidine groups is 1. The van der Waals surface area contributed by atoms with E-state index in [9.17, 15) is 5.26 Å². The Kier molecular flexibility index (Phi) is 4.64. The fourth-order valence-electron chi connectivity index (χ4n) is 2.74. The normalized spacial score (nSPS) is 12.2. The molecule has 0 N–H and O–H groups in total. The van der Waals surface area contributed by atoms with Gasteiger partial charge < -0.3 is 4.85 Å². The van der Waals surface area contributed by atoms with Crippen molar-refractivity contribution in [1.29, 1.82) is 5.26 Å². The minimum Gasteiger partial charge on any atom is -0.358 e. The maximum Gasteiger partial charge on any atom is 2.00 e. The molecule has 0 radical (unpaired) electrons. The van der Waals surface area contributed by atoms with Gasteiger partial charge in [0.2, 0.25) is 0 Å². The summed E-state index contributed by atoms with van der Waals surface area (Å²) in [5, 5.41) is 10.5. The van der Waals surface area contributed by atoms with Crippen molar-refractivity contribution in [3.63, 3.8) is 0 Å². The van der Waals surface area contributed by atoms with E-state index in [2.05, 4.69) is 46.9 Å². The van der Waals surface area contributed by atoms with E-state index in [4.69, 9.17) is 6.57 Å². The van der Waals surface area contributed by atoms with Gasteiger partial charge in [-0.3, -0.25) is 15.0 Å². The zero-order valence-corrected chi connectivity index (χ0v) is 16.6. The minimum absolute atomic E-state index is 0. The average molecular weight is 553 g/mol. The van der Waals surface area contributed by atoms with Crippen LogP contribution < -0.4 is 0 Å². The molecule has 2 aliphatic heterocycles. The van der Waals surface area contributed by atoms with Crippen LogP contribution in [0.2, 0.25) is 0 Å². The van der Waals surface area contributed by atoms with Crippen LogP contribution in [-0.2, 0) is 21.1 Å². The van der Waals surface area contributed by atoms with Gasteiger partial charge in [0.25, 0.3) is 0 Å². The molecule has 0 spiro atoms. The first-order valence-corrected chi connectivity index (χ1v) is 8.09. The van der Waals surface area contributed by atoms with Gasteiger partial charge in [0, 0.05) is 0 Å². The van der Waals surface area contributed by atoms with Gasteiger partial charge in [-0.15, -0.1) is 58.9 Å². The van der Waals surface area contributed by atoms with Gasteiger partial charge in [-0.2, -0.15) is 5.26 Å². The Bertz CT molecular complexity index is 1330. The molecule has 136 valence electrons. The Hall–Kier alpha value is -3.87. The summed E-state index contributed by atoms with van der Waals surface area (Å²) in [5.74, 6) is 1.14. The summed E-state index contributed by atoms with van der Waals surface area (Å²) in [4.78, 5) is 29.5. The van der Waals surface area contributed by atoms with Gasteiger partial charge >= 0.3 is 26.9 Å². The number of hydrogen-bond acceptors (Lipinski definition) is 7. The van der Waals surface area contributed by atoms with Crippen molar-refractivity contribution < 1.29 is 21.1 Å². The Labute approximate surface area is 178 Å². The number of aromatic nitrogens is 4. The van der Waals surface area contributed by atoms with E-state index in [1.54, 1.807) is 36.4 Å². The van der Waals surface area contributed by atoms with Crippen LogP contribution in [0, 0.1) is 30.0 Å². The molecule has 2 aromatic carbocycles. The smallest absolute Gasteiger partial charge is 0.358 e. The predicted molar refractivity (Wildman–Crippen MR) is 101 cm³/mol. The van der Waals surface area contributed by atoms with Gasteiger partial charge in [0.1, 0.15) is 6.07 Å². The molecule has 8 nitrogen and oxygen atoms in total. The summed E-state index contributed by atoms with van der Waals surface area (Å²) in [7, 11) is 0. The Morgan fingerprint density at radius 3 is 2.03 bits per heavy atom. The van der Waals surface area contributed by atoms with Gasteiger partial charge in [-0.25, -0.2) is 9.97 Å². The van der Waals surface area contributed by atoms with Crippen LogP contribution in [0.3, 0.4) is 0 Å². The van der Waals surface area contributed by atoms with E-state index in [0.717, 1.165) is 0 Å². The largest absolute Gasteiger partial charge is 2.00 e. The minimum atomic E-state index is 0. The molecule has 0 fully saturated rings. The van der Waals surface area contributed by atoms with Crippen molar-refractivity contribution in [3.8, 4) is 6.07 Å². The van der Waals surface area contributed by atoms with Crippen molar-refractivity contribution >= 4 is 45.0 Å². The van der Waals surface area contributed by atoms with Crippen LogP contribution in [0.5, 0.6) is 0 Å². The summed E-state index contributed by atoms with van der Waals surface area (Å²) in [6.07, 6.45) is 0. The monoisotopic (exact) mass is 553 g/mol. The van der Waals surface area contributed by atoms with Crippen LogP contribution in [-0.4, -0.2) is 31.5 Å². The van der Waals surface area contributed by atoms with Gasteiger partial charge in [-0.1, -0.05) is 12.0 Å². The van der Waals surface area contributed by atoms with Crippen molar-refractivity contribution in [1.82, 2.24) is 19.9 Å². The van der Waals surface area contributed by atoms with Crippen LogP contribution in [0.15, 0.2) is 46.4 Å². The Morgan fingerprint density at radius 1 is 0.828 bits per heavy atom. The van der Waals surface area contributed by atoms with Crippen molar-refractivity contribution in [3.05, 3.63) is 71.6 Å². The molecular weight excluding hydrogens is 547 g/mol. The summed E-state index contributed by atoms with van der Waals surface area (Å²) in [6.45, 7) is 7.36. The fraction of sp³-hybridized carbons (Fsp3) is 0. The number of nitrogens with zero attached hydrogens (tertiary/aromatic N) is 8. The van der Waals surface area contributed by atoms with Crippen molar-refractivity contribution in [2.75, 3.05) is 0 Å². The zero-order chi connectivity index (χ0) is 19.1. The number of hydrogen-bond donors (Lipinski definition) is 0. The molecule has 0 atom stereocenters. The summed E-state index contributed by atoms with van der Waals surface area (Å²) >= 11 is 0.